The van der Waals surface area contributed by atoms with Crippen molar-refractivity contribution in [3.8, 4) is 0 Å². The van der Waals surface area contributed by atoms with Gasteiger partial charge in [0.05, 0.1) is 0 Å². The van der Waals surface area contributed by atoms with E-state index in [1.807, 2.05) is 13.8 Å². The van der Waals surface area contributed by atoms with E-state index >= 15 is 0 Å². The van der Waals surface area contributed by atoms with Gasteiger partial charge in [0.1, 0.15) is 6.29 Å². The average Bonchev–Trinajstić information content (AvgIpc) is 1.38. The first kappa shape index (κ1) is 9.54. The van der Waals surface area contributed by atoms with Gasteiger partial charge in [0.25, 0.3) is 0 Å². The van der Waals surface area contributed by atoms with E-state index in [0.717, 1.165) is 6.29 Å². The monoisotopic (exact) mass is 123 g/mol. The van der Waals surface area contributed by atoms with E-state index in [2.05, 4.69) is 0 Å². The Bertz CT molecular complexity index is 34.5. The molecule has 0 atom stereocenters. The quantitative estimate of drug-likeness (QED) is 0.472. The standard InChI is InChI=1S/C4H8O.V/c1-4(2)3-5;/h3-4H,1-2H3;. The van der Waals surface area contributed by atoms with Gasteiger partial charge in [-0.1, -0.05) is 13.8 Å². The number of carbonyl (C=O) groups is 1. The molecule has 0 aromatic heterocycles. The summed E-state index contributed by atoms with van der Waals surface area (Å²) in [7, 11) is 0. The fourth-order valence-corrected chi connectivity index (χ4v) is 0. The second-order valence-electron chi connectivity index (χ2n) is 1.38. The van der Waals surface area contributed by atoms with Crippen molar-refractivity contribution >= 4 is 6.29 Å². The zero-order valence-corrected chi connectivity index (χ0v) is 5.41. The van der Waals surface area contributed by atoms with Gasteiger partial charge in [-0.3, -0.25) is 0 Å². The maximum absolute atomic E-state index is 9.50. The molecule has 0 N–H and O–H groups in total. The predicted molar refractivity (Wildman–Crippen MR) is 20.9 cm³/mol. The first-order valence-corrected chi connectivity index (χ1v) is 1.72. The summed E-state index contributed by atoms with van der Waals surface area (Å²) in [6, 6.07) is 0. The van der Waals surface area contributed by atoms with E-state index in [0.29, 0.717) is 0 Å². The van der Waals surface area contributed by atoms with Crippen LogP contribution in [-0.2, 0) is 23.4 Å². The molecule has 1 nitrogen and oxygen atoms in total. The molecule has 0 aromatic carbocycles. The van der Waals surface area contributed by atoms with Crippen LogP contribution in [0.2, 0.25) is 0 Å². The van der Waals surface area contributed by atoms with Crippen LogP contribution in [0.5, 0.6) is 0 Å². The van der Waals surface area contributed by atoms with E-state index in [1.54, 1.807) is 0 Å². The molecule has 0 saturated carbocycles. The molecular formula is C4H8OV. The van der Waals surface area contributed by atoms with E-state index < -0.39 is 0 Å². The molecule has 0 aliphatic carbocycles. The van der Waals surface area contributed by atoms with Crippen LogP contribution >= 0.6 is 0 Å². The topological polar surface area (TPSA) is 17.1 Å². The summed E-state index contributed by atoms with van der Waals surface area (Å²) < 4.78 is 0. The molecule has 0 fully saturated rings. The van der Waals surface area contributed by atoms with Gasteiger partial charge in [0, 0.05) is 24.5 Å². The molecule has 2 heteroatoms. The molecule has 0 amide bonds. The summed E-state index contributed by atoms with van der Waals surface area (Å²) in [5.41, 5.74) is 0. The first-order chi connectivity index (χ1) is 2.27. The number of hydrogen-bond acceptors (Lipinski definition) is 1. The van der Waals surface area contributed by atoms with Crippen LogP contribution in [0.25, 0.3) is 0 Å². The normalized spacial score (nSPS) is 7.17. The molecular weight excluding hydrogens is 115 g/mol. The summed E-state index contributed by atoms with van der Waals surface area (Å²) in [5, 5.41) is 0. The minimum Gasteiger partial charge on any atom is -0.303 e. The van der Waals surface area contributed by atoms with Crippen LogP contribution in [0.4, 0.5) is 0 Å². The number of hydrogen-bond donors (Lipinski definition) is 0. The van der Waals surface area contributed by atoms with Crippen molar-refractivity contribution in [3.05, 3.63) is 0 Å². The van der Waals surface area contributed by atoms with E-state index in [4.69, 9.17) is 0 Å². The number of aldehydes is 1. The Labute approximate surface area is 50.0 Å². The van der Waals surface area contributed by atoms with Gasteiger partial charge in [-0.05, 0) is 0 Å². The van der Waals surface area contributed by atoms with E-state index in [9.17, 15) is 4.79 Å². The van der Waals surface area contributed by atoms with Crippen molar-refractivity contribution in [2.45, 2.75) is 13.8 Å². The van der Waals surface area contributed by atoms with Crippen LogP contribution in [0.3, 0.4) is 0 Å². The zero-order chi connectivity index (χ0) is 4.28. The minimum atomic E-state index is 0. The molecule has 0 aliphatic rings. The van der Waals surface area contributed by atoms with Crippen LogP contribution < -0.4 is 0 Å². The molecule has 6 heavy (non-hydrogen) atoms. The van der Waals surface area contributed by atoms with Gasteiger partial charge in [-0.25, -0.2) is 0 Å². The minimum absolute atomic E-state index is 0. The van der Waals surface area contributed by atoms with Gasteiger partial charge in [0.15, 0.2) is 0 Å². The Hall–Kier alpha value is 0.254. The van der Waals surface area contributed by atoms with Crippen molar-refractivity contribution in [3.63, 3.8) is 0 Å². The Morgan fingerprint density at radius 3 is 1.67 bits per heavy atom. The third-order valence-electron chi connectivity index (χ3n) is 0.272. The van der Waals surface area contributed by atoms with Gasteiger partial charge in [-0.2, -0.15) is 0 Å². The Morgan fingerprint density at radius 2 is 1.67 bits per heavy atom. The molecule has 0 aliphatic heterocycles. The third-order valence-corrected chi connectivity index (χ3v) is 0.272. The molecule has 0 bridgehead atoms. The fourth-order valence-electron chi connectivity index (χ4n) is 0. The van der Waals surface area contributed by atoms with Crippen LogP contribution in [0, 0.1) is 5.92 Å². The largest absolute Gasteiger partial charge is 0.303 e. The molecule has 0 aromatic rings. The number of carbonyl (C=O) groups excluding carboxylic acids is 1. The maximum Gasteiger partial charge on any atom is 0.122 e. The number of rotatable bonds is 1. The third kappa shape index (κ3) is 8.87. The smallest absolute Gasteiger partial charge is 0.122 e. The predicted octanol–water partition coefficient (Wildman–Crippen LogP) is 0.839. The van der Waals surface area contributed by atoms with Crippen molar-refractivity contribution in [2.75, 3.05) is 0 Å². The maximum atomic E-state index is 9.50. The van der Waals surface area contributed by atoms with Gasteiger partial charge >= 0.3 is 0 Å². The molecule has 0 unspecified atom stereocenters. The summed E-state index contributed by atoms with van der Waals surface area (Å²) in [4.78, 5) is 9.50. The van der Waals surface area contributed by atoms with Gasteiger partial charge in [-0.15, -0.1) is 0 Å². The van der Waals surface area contributed by atoms with Crippen LogP contribution in [0.15, 0.2) is 0 Å². The SMILES string of the molecule is CC(C)C=O.[V]. The Kier molecular flexibility index (Phi) is 8.35. The van der Waals surface area contributed by atoms with Crippen molar-refractivity contribution in [2.24, 2.45) is 5.92 Å². The van der Waals surface area contributed by atoms with Crippen LogP contribution in [-0.4, -0.2) is 6.29 Å². The Morgan fingerprint density at radius 1 is 1.50 bits per heavy atom. The summed E-state index contributed by atoms with van der Waals surface area (Å²) in [6.07, 6.45) is 0.917. The second kappa shape index (κ2) is 5.25. The molecule has 0 saturated heterocycles. The second-order valence-corrected chi connectivity index (χ2v) is 1.38. The van der Waals surface area contributed by atoms with Crippen molar-refractivity contribution in [1.29, 1.82) is 0 Å². The Balaban J connectivity index is 0. The average molecular weight is 123 g/mol. The van der Waals surface area contributed by atoms with Gasteiger partial charge in [0.2, 0.25) is 0 Å². The van der Waals surface area contributed by atoms with Crippen LogP contribution in [0.1, 0.15) is 13.8 Å². The zero-order valence-electron chi connectivity index (χ0n) is 4.01. The van der Waals surface area contributed by atoms with E-state index in [1.165, 1.54) is 0 Å². The fraction of sp³-hybridized carbons (Fsp3) is 0.750. The van der Waals surface area contributed by atoms with Crippen molar-refractivity contribution in [1.82, 2.24) is 0 Å². The summed E-state index contributed by atoms with van der Waals surface area (Å²) in [5.74, 6) is 0.204. The molecule has 1 radical (unpaired) electrons. The summed E-state index contributed by atoms with van der Waals surface area (Å²) >= 11 is 0. The molecule has 0 heterocycles. The molecule has 0 spiro atoms. The van der Waals surface area contributed by atoms with Crippen molar-refractivity contribution < 1.29 is 23.4 Å². The first-order valence-electron chi connectivity index (χ1n) is 1.72. The molecule has 0 rings (SSSR count). The molecule has 35 valence electrons. The summed E-state index contributed by atoms with van der Waals surface area (Å²) in [6.45, 7) is 3.71. The van der Waals surface area contributed by atoms with E-state index in [-0.39, 0.29) is 24.5 Å². The van der Waals surface area contributed by atoms with Gasteiger partial charge < -0.3 is 4.79 Å².